The monoisotopic (exact) mass is 335 g/mol. The van der Waals surface area contributed by atoms with Crippen molar-refractivity contribution in [1.29, 1.82) is 0 Å². The molecule has 1 aromatic heterocycles. The van der Waals surface area contributed by atoms with E-state index in [4.69, 9.17) is 4.42 Å². The van der Waals surface area contributed by atoms with E-state index in [1.54, 1.807) is 26.8 Å². The molecule has 0 aromatic carbocycles. The fraction of sp³-hybridized carbons (Fsp3) is 0.588. The molecule has 2 heterocycles. The van der Waals surface area contributed by atoms with Gasteiger partial charge in [0.05, 0.1) is 6.26 Å². The second-order valence-corrected chi connectivity index (χ2v) is 5.91. The lowest BCUT2D eigenvalue weighted by molar-refractivity contribution is -0.134. The van der Waals surface area contributed by atoms with Crippen molar-refractivity contribution in [3.8, 4) is 0 Å². The first-order valence-corrected chi connectivity index (χ1v) is 8.39. The van der Waals surface area contributed by atoms with E-state index in [0.29, 0.717) is 51.4 Å². The van der Waals surface area contributed by atoms with Gasteiger partial charge in [-0.3, -0.25) is 14.4 Å². The molecule has 0 unspecified atom stereocenters. The van der Waals surface area contributed by atoms with Crippen LogP contribution in [0.15, 0.2) is 22.8 Å². The Kier molecular flexibility index (Phi) is 6.40. The molecule has 1 fully saturated rings. The minimum atomic E-state index is -0.141. The number of furan rings is 1. The largest absolute Gasteiger partial charge is 0.459 e. The highest BCUT2D eigenvalue weighted by Gasteiger charge is 2.26. The summed E-state index contributed by atoms with van der Waals surface area (Å²) >= 11 is 0. The van der Waals surface area contributed by atoms with Crippen molar-refractivity contribution in [2.75, 3.05) is 39.3 Å². The first-order chi connectivity index (χ1) is 11.5. The maximum Gasteiger partial charge on any atom is 0.289 e. The molecule has 0 N–H and O–H groups in total. The normalized spacial score (nSPS) is 14.6. The van der Waals surface area contributed by atoms with Crippen LogP contribution in [0.3, 0.4) is 0 Å². The maximum absolute atomic E-state index is 12.3. The van der Waals surface area contributed by atoms with Crippen LogP contribution >= 0.6 is 0 Å². The van der Waals surface area contributed by atoms with E-state index in [0.717, 1.165) is 6.42 Å². The summed E-state index contributed by atoms with van der Waals surface area (Å²) in [5.74, 6) is 0.213. The van der Waals surface area contributed by atoms with Crippen LogP contribution < -0.4 is 0 Å². The number of amides is 3. The minimum Gasteiger partial charge on any atom is -0.459 e. The van der Waals surface area contributed by atoms with Crippen molar-refractivity contribution in [2.24, 2.45) is 0 Å². The summed E-state index contributed by atoms with van der Waals surface area (Å²) in [6.45, 7) is 6.68. The van der Waals surface area contributed by atoms with Crippen LogP contribution in [0.2, 0.25) is 0 Å². The highest BCUT2D eigenvalue weighted by Crippen LogP contribution is 2.10. The van der Waals surface area contributed by atoms with Crippen LogP contribution in [0.5, 0.6) is 0 Å². The molecule has 0 spiro atoms. The zero-order chi connectivity index (χ0) is 17.5. The van der Waals surface area contributed by atoms with Gasteiger partial charge in [0.15, 0.2) is 5.76 Å². The summed E-state index contributed by atoms with van der Waals surface area (Å²) in [7, 11) is 0. The molecular weight excluding hydrogens is 310 g/mol. The van der Waals surface area contributed by atoms with Gasteiger partial charge < -0.3 is 19.1 Å². The van der Waals surface area contributed by atoms with Crippen LogP contribution in [-0.4, -0.2) is 71.7 Å². The Morgan fingerprint density at radius 2 is 1.79 bits per heavy atom. The fourth-order valence-electron chi connectivity index (χ4n) is 2.80. The number of carbonyl (C=O) groups is 3. The average Bonchev–Trinajstić information content (AvgIpc) is 3.12. The Morgan fingerprint density at radius 1 is 1.12 bits per heavy atom. The van der Waals surface area contributed by atoms with Gasteiger partial charge in [-0.05, 0) is 18.6 Å². The summed E-state index contributed by atoms with van der Waals surface area (Å²) in [4.78, 5) is 41.1. The average molecular weight is 335 g/mol. The third-order valence-electron chi connectivity index (χ3n) is 4.19. The lowest BCUT2D eigenvalue weighted by atomic mass is 10.2. The molecule has 0 saturated carbocycles. The second-order valence-electron chi connectivity index (χ2n) is 5.91. The van der Waals surface area contributed by atoms with Gasteiger partial charge in [-0.2, -0.15) is 0 Å². The van der Waals surface area contributed by atoms with E-state index in [2.05, 4.69) is 0 Å². The van der Waals surface area contributed by atoms with Crippen LogP contribution in [0.25, 0.3) is 0 Å². The summed E-state index contributed by atoms with van der Waals surface area (Å²) in [5, 5.41) is 0. The van der Waals surface area contributed by atoms with E-state index in [1.807, 2.05) is 6.92 Å². The predicted octanol–water partition coefficient (Wildman–Crippen LogP) is 1.21. The van der Waals surface area contributed by atoms with Gasteiger partial charge >= 0.3 is 0 Å². The molecule has 1 aliphatic rings. The quantitative estimate of drug-likeness (QED) is 0.783. The summed E-state index contributed by atoms with van der Waals surface area (Å²) in [6.07, 6.45) is 2.68. The molecule has 7 heteroatoms. The Balaban J connectivity index is 1.78. The number of hydrogen-bond donors (Lipinski definition) is 0. The third kappa shape index (κ3) is 4.59. The predicted molar refractivity (Wildman–Crippen MR) is 88.4 cm³/mol. The maximum atomic E-state index is 12.3. The summed E-state index contributed by atoms with van der Waals surface area (Å²) in [5.41, 5.74) is 0. The first-order valence-electron chi connectivity index (χ1n) is 8.39. The van der Waals surface area contributed by atoms with Crippen LogP contribution in [0.1, 0.15) is 37.2 Å². The van der Waals surface area contributed by atoms with Gasteiger partial charge in [0.1, 0.15) is 0 Å². The summed E-state index contributed by atoms with van der Waals surface area (Å²) < 4.78 is 5.12. The highest BCUT2D eigenvalue weighted by molar-refractivity contribution is 5.91. The highest BCUT2D eigenvalue weighted by atomic mass is 16.3. The van der Waals surface area contributed by atoms with Crippen molar-refractivity contribution in [1.82, 2.24) is 14.7 Å². The molecule has 1 aromatic rings. The van der Waals surface area contributed by atoms with E-state index in [-0.39, 0.29) is 17.7 Å². The van der Waals surface area contributed by atoms with Gasteiger partial charge in [0.25, 0.3) is 5.91 Å². The number of piperazine rings is 1. The van der Waals surface area contributed by atoms with Crippen molar-refractivity contribution in [2.45, 2.75) is 26.7 Å². The Labute approximate surface area is 142 Å². The number of hydrogen-bond acceptors (Lipinski definition) is 4. The van der Waals surface area contributed by atoms with Gasteiger partial charge in [-0.15, -0.1) is 0 Å². The molecule has 1 saturated heterocycles. The molecule has 132 valence electrons. The van der Waals surface area contributed by atoms with E-state index < -0.39 is 0 Å². The molecule has 0 bridgehead atoms. The molecule has 7 nitrogen and oxygen atoms in total. The summed E-state index contributed by atoms with van der Waals surface area (Å²) in [6, 6.07) is 3.33. The van der Waals surface area contributed by atoms with Gasteiger partial charge in [-0.1, -0.05) is 6.92 Å². The molecule has 0 atom stereocenters. The standard InChI is InChI=1S/C17H25N3O4/c1-3-7-18(14(2)21)8-6-16(22)19-9-11-20(12-10-19)17(23)15-5-4-13-24-15/h4-5,13H,3,6-12H2,1-2H3. The third-order valence-corrected chi connectivity index (χ3v) is 4.19. The molecule has 1 aliphatic heterocycles. The lowest BCUT2D eigenvalue weighted by Crippen LogP contribution is -2.51. The smallest absolute Gasteiger partial charge is 0.289 e. The molecule has 0 radical (unpaired) electrons. The molecule has 2 rings (SSSR count). The zero-order valence-electron chi connectivity index (χ0n) is 14.4. The lowest BCUT2D eigenvalue weighted by Gasteiger charge is -2.34. The number of nitrogens with zero attached hydrogens (tertiary/aromatic N) is 3. The number of rotatable bonds is 6. The number of carbonyl (C=O) groups excluding carboxylic acids is 3. The fourth-order valence-corrected chi connectivity index (χ4v) is 2.80. The van der Waals surface area contributed by atoms with Crippen molar-refractivity contribution in [3.05, 3.63) is 24.2 Å². The van der Waals surface area contributed by atoms with Crippen LogP contribution in [0, 0.1) is 0 Å². The first kappa shape index (κ1) is 18.0. The van der Waals surface area contributed by atoms with E-state index in [9.17, 15) is 14.4 Å². The van der Waals surface area contributed by atoms with E-state index in [1.165, 1.54) is 13.2 Å². The molecule has 24 heavy (non-hydrogen) atoms. The zero-order valence-corrected chi connectivity index (χ0v) is 14.4. The Hall–Kier alpha value is -2.31. The Bertz CT molecular complexity index is 562. The second kappa shape index (κ2) is 8.52. The molecule has 3 amide bonds. The Morgan fingerprint density at radius 3 is 2.33 bits per heavy atom. The topological polar surface area (TPSA) is 74.1 Å². The van der Waals surface area contributed by atoms with Crippen molar-refractivity contribution in [3.63, 3.8) is 0 Å². The van der Waals surface area contributed by atoms with Gasteiger partial charge in [0, 0.05) is 52.6 Å². The SMILES string of the molecule is CCCN(CCC(=O)N1CCN(C(=O)c2ccco2)CC1)C(C)=O. The van der Waals surface area contributed by atoms with E-state index >= 15 is 0 Å². The van der Waals surface area contributed by atoms with Gasteiger partial charge in [0.2, 0.25) is 11.8 Å². The minimum absolute atomic E-state index is 0.00138. The molecular formula is C17H25N3O4. The van der Waals surface area contributed by atoms with Crippen LogP contribution in [0.4, 0.5) is 0 Å². The van der Waals surface area contributed by atoms with Gasteiger partial charge in [-0.25, -0.2) is 0 Å². The van der Waals surface area contributed by atoms with Crippen LogP contribution in [-0.2, 0) is 9.59 Å². The van der Waals surface area contributed by atoms with Crippen molar-refractivity contribution < 1.29 is 18.8 Å². The molecule has 0 aliphatic carbocycles. The van der Waals surface area contributed by atoms with Crippen molar-refractivity contribution >= 4 is 17.7 Å².